The molecule has 0 unspecified atom stereocenters. The molecule has 0 radical (unpaired) electrons. The molecule has 0 atom stereocenters. The number of esters is 1. The molecule has 2 amide bonds. The predicted octanol–water partition coefficient (Wildman–Crippen LogP) is 1.53. The molecule has 11 heteroatoms. The lowest BCUT2D eigenvalue weighted by Crippen LogP contribution is -2.34. The van der Waals surface area contributed by atoms with Gasteiger partial charge in [0.25, 0.3) is 11.8 Å². The van der Waals surface area contributed by atoms with Crippen LogP contribution in [-0.2, 0) is 9.59 Å². The van der Waals surface area contributed by atoms with Gasteiger partial charge in [-0.25, -0.2) is 5.43 Å². The van der Waals surface area contributed by atoms with Gasteiger partial charge in [0, 0.05) is 12.5 Å². The number of hydrogen-bond acceptors (Lipinski definition) is 9. The summed E-state index contributed by atoms with van der Waals surface area (Å²) in [5.74, 6) is 0.0302. The van der Waals surface area contributed by atoms with Crippen molar-refractivity contribution in [3.63, 3.8) is 0 Å². The lowest BCUT2D eigenvalue weighted by molar-refractivity contribution is -0.132. The van der Waals surface area contributed by atoms with Gasteiger partial charge in [0.15, 0.2) is 23.0 Å². The van der Waals surface area contributed by atoms with E-state index in [1.165, 1.54) is 53.7 Å². The SMILES string of the molecule is COc1cc(/C=N/NC(=O)CNC(=O)c2cc(OC)c(OC)c(OC)c2)ccc1OC(C)=O. The lowest BCUT2D eigenvalue weighted by atomic mass is 10.1. The van der Waals surface area contributed by atoms with E-state index in [2.05, 4.69) is 15.8 Å². The van der Waals surface area contributed by atoms with E-state index in [-0.39, 0.29) is 17.9 Å². The Morgan fingerprint density at radius 2 is 1.52 bits per heavy atom. The van der Waals surface area contributed by atoms with Crippen molar-refractivity contribution < 1.29 is 38.1 Å². The van der Waals surface area contributed by atoms with E-state index in [1.807, 2.05) is 0 Å². The average molecular weight is 459 g/mol. The van der Waals surface area contributed by atoms with Gasteiger partial charge >= 0.3 is 5.97 Å². The molecule has 2 aromatic carbocycles. The third kappa shape index (κ3) is 6.86. The fourth-order valence-electron chi connectivity index (χ4n) is 2.70. The number of ether oxygens (including phenoxy) is 5. The van der Waals surface area contributed by atoms with E-state index in [1.54, 1.807) is 18.2 Å². The number of benzene rings is 2. The van der Waals surface area contributed by atoms with Gasteiger partial charge in [-0.1, -0.05) is 0 Å². The van der Waals surface area contributed by atoms with Crippen molar-refractivity contribution in [3.8, 4) is 28.7 Å². The molecule has 0 fully saturated rings. The second kappa shape index (κ2) is 11.9. The van der Waals surface area contributed by atoms with Gasteiger partial charge in [0.1, 0.15) is 0 Å². The lowest BCUT2D eigenvalue weighted by Gasteiger charge is -2.14. The molecule has 0 aliphatic heterocycles. The largest absolute Gasteiger partial charge is 0.493 e. The predicted molar refractivity (Wildman–Crippen MR) is 118 cm³/mol. The summed E-state index contributed by atoms with van der Waals surface area (Å²) in [4.78, 5) is 35.6. The van der Waals surface area contributed by atoms with Crippen molar-refractivity contribution in [2.45, 2.75) is 6.92 Å². The zero-order valence-electron chi connectivity index (χ0n) is 18.9. The summed E-state index contributed by atoms with van der Waals surface area (Å²) in [6.45, 7) is 0.965. The van der Waals surface area contributed by atoms with Gasteiger partial charge in [-0.3, -0.25) is 14.4 Å². The molecule has 11 nitrogen and oxygen atoms in total. The van der Waals surface area contributed by atoms with Crippen LogP contribution >= 0.6 is 0 Å². The summed E-state index contributed by atoms with van der Waals surface area (Å²) < 4.78 is 25.8. The van der Waals surface area contributed by atoms with Crippen LogP contribution in [0.1, 0.15) is 22.8 Å². The van der Waals surface area contributed by atoms with Gasteiger partial charge in [0.05, 0.1) is 41.2 Å². The van der Waals surface area contributed by atoms with Crippen molar-refractivity contribution in [1.82, 2.24) is 10.7 Å². The summed E-state index contributed by atoms with van der Waals surface area (Å²) in [6.07, 6.45) is 1.37. The van der Waals surface area contributed by atoms with Crippen molar-refractivity contribution in [2.24, 2.45) is 5.10 Å². The minimum Gasteiger partial charge on any atom is -0.493 e. The second-order valence-corrected chi connectivity index (χ2v) is 6.39. The highest BCUT2D eigenvalue weighted by Crippen LogP contribution is 2.38. The minimum atomic E-state index is -0.546. The molecule has 2 rings (SSSR count). The molecular formula is C22H25N3O8. The Labute approximate surface area is 190 Å². The third-order valence-corrected chi connectivity index (χ3v) is 4.18. The Morgan fingerprint density at radius 1 is 0.879 bits per heavy atom. The van der Waals surface area contributed by atoms with Crippen LogP contribution in [0.4, 0.5) is 0 Å². The molecule has 176 valence electrons. The minimum absolute atomic E-state index is 0.223. The van der Waals surface area contributed by atoms with Crippen LogP contribution in [-0.4, -0.2) is 59.0 Å². The fourth-order valence-corrected chi connectivity index (χ4v) is 2.70. The zero-order chi connectivity index (χ0) is 24.4. The molecule has 0 aromatic heterocycles. The highest BCUT2D eigenvalue weighted by molar-refractivity contribution is 5.97. The number of nitrogens with one attached hydrogen (secondary N) is 2. The summed E-state index contributed by atoms with van der Waals surface area (Å²) in [5.41, 5.74) is 3.12. The maximum Gasteiger partial charge on any atom is 0.308 e. The number of rotatable bonds is 10. The molecule has 0 heterocycles. The number of amides is 2. The molecule has 0 saturated carbocycles. The monoisotopic (exact) mass is 459 g/mol. The first-order chi connectivity index (χ1) is 15.8. The number of hydrogen-bond donors (Lipinski definition) is 2. The Kier molecular flexibility index (Phi) is 9.04. The van der Waals surface area contributed by atoms with Crippen LogP contribution in [0, 0.1) is 0 Å². The van der Waals surface area contributed by atoms with E-state index in [4.69, 9.17) is 23.7 Å². The summed E-state index contributed by atoms with van der Waals surface area (Å²) in [5, 5.41) is 6.33. The summed E-state index contributed by atoms with van der Waals surface area (Å²) in [6, 6.07) is 7.70. The van der Waals surface area contributed by atoms with Crippen LogP contribution in [0.5, 0.6) is 28.7 Å². The van der Waals surface area contributed by atoms with Crippen LogP contribution in [0.2, 0.25) is 0 Å². The highest BCUT2D eigenvalue weighted by Gasteiger charge is 2.17. The first-order valence-electron chi connectivity index (χ1n) is 9.59. The van der Waals surface area contributed by atoms with Crippen molar-refractivity contribution in [1.29, 1.82) is 0 Å². The Hall–Kier alpha value is -4.28. The number of hydrazone groups is 1. The molecule has 0 spiro atoms. The Balaban J connectivity index is 1.96. The molecule has 33 heavy (non-hydrogen) atoms. The molecule has 2 aromatic rings. The van der Waals surface area contributed by atoms with Crippen LogP contribution in [0.15, 0.2) is 35.4 Å². The quantitative estimate of drug-likeness (QED) is 0.236. The van der Waals surface area contributed by atoms with Crippen molar-refractivity contribution in [2.75, 3.05) is 35.0 Å². The van der Waals surface area contributed by atoms with Crippen LogP contribution in [0.3, 0.4) is 0 Å². The normalized spacial score (nSPS) is 10.3. The van der Waals surface area contributed by atoms with Gasteiger partial charge < -0.3 is 29.0 Å². The van der Waals surface area contributed by atoms with Gasteiger partial charge in [-0.15, -0.1) is 0 Å². The van der Waals surface area contributed by atoms with Crippen molar-refractivity contribution >= 4 is 24.0 Å². The molecule has 0 aliphatic carbocycles. The van der Waals surface area contributed by atoms with E-state index in [0.717, 1.165) is 0 Å². The first-order valence-corrected chi connectivity index (χ1v) is 9.59. The Morgan fingerprint density at radius 3 is 2.06 bits per heavy atom. The summed E-state index contributed by atoms with van der Waals surface area (Å²) >= 11 is 0. The summed E-state index contributed by atoms with van der Waals surface area (Å²) in [7, 11) is 5.75. The second-order valence-electron chi connectivity index (χ2n) is 6.39. The molecular weight excluding hydrogens is 434 g/mol. The average Bonchev–Trinajstić information content (AvgIpc) is 2.81. The van der Waals surface area contributed by atoms with Gasteiger partial charge in [-0.05, 0) is 35.9 Å². The third-order valence-electron chi connectivity index (χ3n) is 4.18. The molecule has 0 saturated heterocycles. The standard InChI is InChI=1S/C22H25N3O8/c1-13(26)33-16-7-6-14(8-17(16)29-2)11-24-25-20(27)12-23-22(28)15-9-18(30-3)21(32-5)19(10-15)31-4/h6-11H,12H2,1-5H3,(H,23,28)(H,25,27)/b24-11+. The van der Waals surface area contributed by atoms with Gasteiger partial charge in [0.2, 0.25) is 5.75 Å². The molecule has 0 aliphatic rings. The number of methoxy groups -OCH3 is 4. The molecule has 0 bridgehead atoms. The number of nitrogens with zero attached hydrogens (tertiary/aromatic N) is 1. The van der Waals surface area contributed by atoms with Crippen molar-refractivity contribution in [3.05, 3.63) is 41.5 Å². The van der Waals surface area contributed by atoms with Crippen LogP contribution in [0.25, 0.3) is 0 Å². The maximum absolute atomic E-state index is 12.4. The topological polar surface area (TPSA) is 134 Å². The maximum atomic E-state index is 12.4. The van der Waals surface area contributed by atoms with E-state index in [0.29, 0.717) is 28.6 Å². The fraction of sp³-hybridized carbons (Fsp3) is 0.273. The highest BCUT2D eigenvalue weighted by atomic mass is 16.6. The molecule has 2 N–H and O–H groups in total. The first kappa shape index (κ1) is 25.0. The number of carbonyl (C=O) groups is 3. The number of carbonyl (C=O) groups excluding carboxylic acids is 3. The van der Waals surface area contributed by atoms with Gasteiger partial charge in [-0.2, -0.15) is 5.10 Å². The van der Waals surface area contributed by atoms with E-state index >= 15 is 0 Å². The zero-order valence-corrected chi connectivity index (χ0v) is 18.9. The van der Waals surface area contributed by atoms with E-state index < -0.39 is 17.8 Å². The smallest absolute Gasteiger partial charge is 0.308 e. The van der Waals surface area contributed by atoms with Crippen LogP contribution < -0.4 is 34.4 Å². The Bertz CT molecular complexity index is 1030. The van der Waals surface area contributed by atoms with E-state index in [9.17, 15) is 14.4 Å².